The number of alkyl halides is 2. The Labute approximate surface area is 160 Å². The second kappa shape index (κ2) is 8.41. The first-order valence-electron chi connectivity index (χ1n) is 8.55. The number of rotatable bonds is 6. The Balaban J connectivity index is 2.43. The molecule has 1 aromatic rings. The fourth-order valence-corrected chi connectivity index (χ4v) is 2.85. The topological polar surface area (TPSA) is 58.2 Å². The Bertz CT molecular complexity index is 883. The van der Waals surface area contributed by atoms with Crippen molar-refractivity contribution in [3.8, 4) is 0 Å². The number of carbonyl (C=O) groups is 2. The van der Waals surface area contributed by atoms with Crippen LogP contribution < -0.4 is 10.6 Å². The molecule has 2 amide bonds. The molecule has 0 aliphatic carbocycles. The van der Waals surface area contributed by atoms with Crippen molar-refractivity contribution in [1.29, 1.82) is 0 Å². The van der Waals surface area contributed by atoms with E-state index >= 15 is 0 Å². The summed E-state index contributed by atoms with van der Waals surface area (Å²) in [6.07, 6.45) is 3.43. The van der Waals surface area contributed by atoms with Gasteiger partial charge in [-0.2, -0.15) is 0 Å². The summed E-state index contributed by atoms with van der Waals surface area (Å²) in [6, 6.07) is 1.22. The van der Waals surface area contributed by atoms with Gasteiger partial charge in [0.05, 0.1) is 11.4 Å². The number of carbonyl (C=O) groups excluding carboxylic acids is 2. The van der Waals surface area contributed by atoms with E-state index in [0.717, 1.165) is 6.08 Å². The summed E-state index contributed by atoms with van der Waals surface area (Å²) in [5.41, 5.74) is -0.534. The predicted octanol–water partition coefficient (Wildman–Crippen LogP) is 4.89. The molecule has 1 aliphatic heterocycles. The molecule has 2 N–H and O–H groups in total. The van der Waals surface area contributed by atoms with Crippen LogP contribution in [-0.2, 0) is 16.0 Å². The van der Waals surface area contributed by atoms with E-state index in [1.165, 1.54) is 18.2 Å². The molecule has 0 unspecified atom stereocenters. The van der Waals surface area contributed by atoms with Gasteiger partial charge in [0, 0.05) is 18.4 Å². The maximum Gasteiger partial charge on any atom is 0.256 e. The lowest BCUT2D eigenvalue weighted by atomic mass is 9.99. The Hall–Kier alpha value is -2.90. The van der Waals surface area contributed by atoms with Gasteiger partial charge in [-0.25, -0.2) is 17.6 Å². The van der Waals surface area contributed by atoms with Gasteiger partial charge < -0.3 is 10.6 Å². The molecule has 0 spiro atoms. The standard InChI is InChI=1S/C20H20F4N2O2/c1-4-6-13(11(5-2)10-20(3,23)24)19(28)25-14-9-12-7-8-15(27)26-18(12)17(22)16(14)21/h4-6,9H,2,7-8,10H2,1,3H3,(H,25,28)(H,26,27)/b6-4-,13-11-. The lowest BCUT2D eigenvalue weighted by molar-refractivity contribution is -0.116. The SMILES string of the molecule is C=C/C(CC(C)(F)F)=C(\C=C/C)C(=O)Nc1cc2c(c(F)c1F)NC(=O)CC2. The van der Waals surface area contributed by atoms with Gasteiger partial charge in [0.25, 0.3) is 5.91 Å². The van der Waals surface area contributed by atoms with E-state index < -0.39 is 41.5 Å². The first-order chi connectivity index (χ1) is 13.1. The van der Waals surface area contributed by atoms with Gasteiger partial charge in [0.2, 0.25) is 11.8 Å². The molecule has 0 radical (unpaired) electrons. The molecule has 0 bridgehead atoms. The van der Waals surface area contributed by atoms with E-state index in [9.17, 15) is 27.2 Å². The monoisotopic (exact) mass is 396 g/mol. The molecule has 1 aromatic carbocycles. The van der Waals surface area contributed by atoms with Crippen LogP contribution in [0, 0.1) is 11.6 Å². The zero-order valence-corrected chi connectivity index (χ0v) is 15.5. The van der Waals surface area contributed by atoms with Crippen LogP contribution in [0.3, 0.4) is 0 Å². The number of halogens is 4. The lowest BCUT2D eigenvalue weighted by Crippen LogP contribution is -2.23. The third kappa shape index (κ3) is 4.88. The summed E-state index contributed by atoms with van der Waals surface area (Å²) < 4.78 is 55.5. The minimum atomic E-state index is -3.09. The Morgan fingerprint density at radius 2 is 2.00 bits per heavy atom. The summed E-state index contributed by atoms with van der Waals surface area (Å²) in [5.74, 6) is -7.04. The third-order valence-electron chi connectivity index (χ3n) is 4.09. The number of allylic oxidation sites excluding steroid dienone is 3. The van der Waals surface area contributed by atoms with E-state index in [1.54, 1.807) is 6.92 Å². The average Bonchev–Trinajstić information content (AvgIpc) is 2.62. The largest absolute Gasteiger partial charge is 0.323 e. The molecule has 2 rings (SSSR count). The van der Waals surface area contributed by atoms with E-state index in [1.807, 2.05) is 0 Å². The van der Waals surface area contributed by atoms with Crippen molar-refractivity contribution in [3.63, 3.8) is 0 Å². The highest BCUT2D eigenvalue weighted by Crippen LogP contribution is 2.33. The fourth-order valence-electron chi connectivity index (χ4n) is 2.85. The average molecular weight is 396 g/mol. The van der Waals surface area contributed by atoms with E-state index in [0.29, 0.717) is 12.5 Å². The number of hydrogen-bond donors (Lipinski definition) is 2. The van der Waals surface area contributed by atoms with Crippen molar-refractivity contribution in [1.82, 2.24) is 0 Å². The van der Waals surface area contributed by atoms with Crippen molar-refractivity contribution in [3.05, 3.63) is 59.2 Å². The summed E-state index contributed by atoms with van der Waals surface area (Å²) in [7, 11) is 0. The second-order valence-corrected chi connectivity index (χ2v) is 6.48. The molecule has 0 aromatic heterocycles. The highest BCUT2D eigenvalue weighted by Gasteiger charge is 2.27. The molecule has 0 saturated heterocycles. The highest BCUT2D eigenvalue weighted by atomic mass is 19.3. The van der Waals surface area contributed by atoms with Crippen molar-refractivity contribution in [2.75, 3.05) is 10.6 Å². The van der Waals surface area contributed by atoms with Gasteiger partial charge in [-0.15, -0.1) is 0 Å². The summed E-state index contributed by atoms with van der Waals surface area (Å²) >= 11 is 0. The number of benzene rings is 1. The maximum atomic E-state index is 14.4. The molecule has 0 fully saturated rings. The van der Waals surface area contributed by atoms with Crippen molar-refractivity contribution in [2.45, 2.75) is 39.0 Å². The molecule has 1 heterocycles. The Morgan fingerprint density at radius 1 is 1.32 bits per heavy atom. The van der Waals surface area contributed by atoms with Crippen molar-refractivity contribution >= 4 is 23.2 Å². The molecule has 4 nitrogen and oxygen atoms in total. The molecule has 1 aliphatic rings. The molecular formula is C20H20F4N2O2. The van der Waals surface area contributed by atoms with Gasteiger partial charge in [-0.1, -0.05) is 24.8 Å². The Kier molecular flexibility index (Phi) is 6.43. The van der Waals surface area contributed by atoms with Gasteiger partial charge in [0.15, 0.2) is 11.6 Å². The fraction of sp³-hybridized carbons (Fsp3) is 0.300. The van der Waals surface area contributed by atoms with Crippen molar-refractivity contribution in [2.24, 2.45) is 0 Å². The quantitative estimate of drug-likeness (QED) is 0.409. The first-order valence-corrected chi connectivity index (χ1v) is 8.55. The number of aryl methyl sites for hydroxylation is 1. The van der Waals surface area contributed by atoms with Gasteiger partial charge in [-0.05, 0) is 37.5 Å². The van der Waals surface area contributed by atoms with E-state index in [4.69, 9.17) is 0 Å². The van der Waals surface area contributed by atoms with E-state index in [-0.39, 0.29) is 29.7 Å². The van der Waals surface area contributed by atoms with Crippen LogP contribution in [0.2, 0.25) is 0 Å². The number of nitrogens with one attached hydrogen (secondary N) is 2. The maximum absolute atomic E-state index is 14.4. The minimum absolute atomic E-state index is 0.0331. The summed E-state index contributed by atoms with van der Waals surface area (Å²) in [4.78, 5) is 24.0. The van der Waals surface area contributed by atoms with Crippen LogP contribution in [0.5, 0.6) is 0 Å². The minimum Gasteiger partial charge on any atom is -0.323 e. The van der Waals surface area contributed by atoms with Crippen LogP contribution in [-0.4, -0.2) is 17.7 Å². The number of fused-ring (bicyclic) bond motifs is 1. The van der Waals surface area contributed by atoms with Crippen LogP contribution in [0.25, 0.3) is 0 Å². The molecule has 8 heteroatoms. The smallest absolute Gasteiger partial charge is 0.256 e. The predicted molar refractivity (Wildman–Crippen MR) is 99.2 cm³/mol. The third-order valence-corrected chi connectivity index (χ3v) is 4.09. The number of amides is 2. The van der Waals surface area contributed by atoms with Crippen LogP contribution in [0.15, 0.2) is 42.0 Å². The summed E-state index contributed by atoms with van der Waals surface area (Å²) in [6.45, 7) is 5.74. The molecule has 0 atom stereocenters. The van der Waals surface area contributed by atoms with Gasteiger partial charge in [-0.3, -0.25) is 9.59 Å². The van der Waals surface area contributed by atoms with Crippen molar-refractivity contribution < 1.29 is 27.2 Å². The number of hydrogen-bond acceptors (Lipinski definition) is 2. The van der Waals surface area contributed by atoms with Crippen LogP contribution in [0.1, 0.15) is 32.3 Å². The zero-order chi connectivity index (χ0) is 21.1. The Morgan fingerprint density at radius 3 is 2.57 bits per heavy atom. The van der Waals surface area contributed by atoms with E-state index in [2.05, 4.69) is 17.2 Å². The van der Waals surface area contributed by atoms with Gasteiger partial charge in [0.1, 0.15) is 0 Å². The molecule has 0 saturated carbocycles. The van der Waals surface area contributed by atoms with Crippen LogP contribution >= 0.6 is 0 Å². The summed E-state index contributed by atoms with van der Waals surface area (Å²) in [5, 5.41) is 4.49. The normalized spacial score (nSPS) is 15.0. The second-order valence-electron chi connectivity index (χ2n) is 6.48. The molecule has 150 valence electrons. The molecule has 28 heavy (non-hydrogen) atoms. The molecular weight excluding hydrogens is 376 g/mol. The lowest BCUT2D eigenvalue weighted by Gasteiger charge is -2.20. The zero-order valence-electron chi connectivity index (χ0n) is 15.5. The first kappa shape index (κ1) is 21.4. The van der Waals surface area contributed by atoms with Gasteiger partial charge >= 0.3 is 0 Å². The van der Waals surface area contributed by atoms with Crippen LogP contribution in [0.4, 0.5) is 28.9 Å². The highest BCUT2D eigenvalue weighted by molar-refractivity contribution is 6.07. The number of anilines is 2.